The summed E-state index contributed by atoms with van der Waals surface area (Å²) in [5.41, 5.74) is 2.62. The molecule has 1 amide bonds. The zero-order chi connectivity index (χ0) is 13.2. The van der Waals surface area contributed by atoms with Gasteiger partial charge in [0.1, 0.15) is 5.69 Å². The van der Waals surface area contributed by atoms with Crippen LogP contribution in [0.1, 0.15) is 10.5 Å². The number of hydrogen-bond acceptors (Lipinski definition) is 2. The van der Waals surface area contributed by atoms with E-state index in [2.05, 4.69) is 15.3 Å². The number of amides is 1. The van der Waals surface area contributed by atoms with Gasteiger partial charge in [-0.1, -0.05) is 23.7 Å². The molecule has 0 spiro atoms. The smallest absolute Gasteiger partial charge is 0.272 e. The maximum Gasteiger partial charge on any atom is 0.272 e. The van der Waals surface area contributed by atoms with E-state index in [9.17, 15) is 4.79 Å². The van der Waals surface area contributed by atoms with E-state index >= 15 is 0 Å². The molecule has 19 heavy (non-hydrogen) atoms. The highest BCUT2D eigenvalue weighted by molar-refractivity contribution is 6.33. The lowest BCUT2D eigenvalue weighted by atomic mass is 10.3. The highest BCUT2D eigenvalue weighted by Crippen LogP contribution is 2.21. The van der Waals surface area contributed by atoms with Crippen LogP contribution in [0.4, 0.5) is 5.69 Å². The number of pyridine rings is 1. The molecule has 0 atom stereocenters. The van der Waals surface area contributed by atoms with Gasteiger partial charge in [0, 0.05) is 6.20 Å². The summed E-state index contributed by atoms with van der Waals surface area (Å²) in [4.78, 5) is 19.3. The zero-order valence-electron chi connectivity index (χ0n) is 9.85. The first-order chi connectivity index (χ1) is 9.24. The minimum absolute atomic E-state index is 0.244. The van der Waals surface area contributed by atoms with E-state index in [1.54, 1.807) is 24.4 Å². The molecule has 5 heteroatoms. The number of anilines is 1. The van der Waals surface area contributed by atoms with Crippen LogP contribution in [-0.2, 0) is 0 Å². The molecule has 2 N–H and O–H groups in total. The second kappa shape index (κ2) is 4.74. The van der Waals surface area contributed by atoms with Crippen molar-refractivity contribution in [1.29, 1.82) is 0 Å². The number of rotatable bonds is 2. The van der Waals surface area contributed by atoms with Gasteiger partial charge in [0.2, 0.25) is 0 Å². The number of aromatic nitrogens is 2. The summed E-state index contributed by atoms with van der Waals surface area (Å²) in [6.45, 7) is 0. The lowest BCUT2D eigenvalue weighted by Gasteiger charge is -2.05. The third kappa shape index (κ3) is 2.30. The van der Waals surface area contributed by atoms with Crippen LogP contribution in [0.3, 0.4) is 0 Å². The largest absolute Gasteiger partial charge is 0.349 e. The first kappa shape index (κ1) is 11.7. The van der Waals surface area contributed by atoms with Crippen molar-refractivity contribution in [2.75, 3.05) is 5.32 Å². The first-order valence-corrected chi connectivity index (χ1v) is 6.11. The number of para-hydroxylation sites is 1. The van der Waals surface area contributed by atoms with Gasteiger partial charge in [-0.15, -0.1) is 0 Å². The molecular weight excluding hydrogens is 262 g/mol. The van der Waals surface area contributed by atoms with Crippen molar-refractivity contribution in [1.82, 2.24) is 9.97 Å². The van der Waals surface area contributed by atoms with Gasteiger partial charge in [-0.2, -0.15) is 0 Å². The molecule has 0 saturated heterocycles. The lowest BCUT2D eigenvalue weighted by Crippen LogP contribution is -2.12. The van der Waals surface area contributed by atoms with E-state index in [0.717, 1.165) is 11.0 Å². The average Bonchev–Trinajstić information content (AvgIpc) is 2.85. The Morgan fingerprint density at radius 1 is 1.21 bits per heavy atom. The fraction of sp³-hybridized carbons (Fsp3) is 0. The Morgan fingerprint density at radius 2 is 2.05 bits per heavy atom. The van der Waals surface area contributed by atoms with Gasteiger partial charge < -0.3 is 10.3 Å². The number of H-pyrrole nitrogens is 1. The zero-order valence-corrected chi connectivity index (χ0v) is 10.6. The summed E-state index contributed by atoms with van der Waals surface area (Å²) in [5, 5.41) is 3.26. The molecule has 2 aromatic heterocycles. The maximum atomic E-state index is 12.1. The highest BCUT2D eigenvalue weighted by Gasteiger charge is 2.11. The molecule has 0 unspecified atom stereocenters. The molecule has 3 rings (SSSR count). The first-order valence-electron chi connectivity index (χ1n) is 5.73. The molecule has 4 nitrogen and oxygen atoms in total. The topological polar surface area (TPSA) is 57.8 Å². The molecule has 1 aromatic carbocycles. The Kier molecular flexibility index (Phi) is 2.93. The summed E-state index contributed by atoms with van der Waals surface area (Å²) in [6.07, 6.45) is 1.69. The normalized spacial score (nSPS) is 10.6. The molecule has 0 fully saturated rings. The Morgan fingerprint density at radius 3 is 2.84 bits per heavy atom. The number of carbonyl (C=O) groups is 1. The molecule has 3 aromatic rings. The molecule has 94 valence electrons. The third-order valence-electron chi connectivity index (χ3n) is 2.76. The Balaban J connectivity index is 1.90. The summed E-state index contributed by atoms with van der Waals surface area (Å²) in [5.74, 6) is -0.244. The Bertz CT molecular complexity index is 718. The molecule has 0 bridgehead atoms. The van der Waals surface area contributed by atoms with Crippen molar-refractivity contribution in [2.24, 2.45) is 0 Å². The standard InChI is InChI=1S/C14H10ClN3O/c15-9-4-1-2-5-10(9)18-14(19)13-8-12-11(17-13)6-3-7-16-12/h1-8,17H,(H,18,19). The van der Waals surface area contributed by atoms with E-state index in [-0.39, 0.29) is 5.91 Å². The summed E-state index contributed by atoms with van der Waals surface area (Å²) < 4.78 is 0. The minimum Gasteiger partial charge on any atom is -0.349 e. The van der Waals surface area contributed by atoms with Gasteiger partial charge in [-0.25, -0.2) is 0 Å². The molecule has 0 radical (unpaired) electrons. The average molecular weight is 272 g/mol. The SMILES string of the molecule is O=C(Nc1ccccc1Cl)c1cc2ncccc2[nH]1. The number of nitrogens with zero attached hydrogens (tertiary/aromatic N) is 1. The molecule has 0 aliphatic heterocycles. The maximum absolute atomic E-state index is 12.1. The second-order valence-corrected chi connectivity index (χ2v) is 4.46. The Hall–Kier alpha value is -2.33. The van der Waals surface area contributed by atoms with Crippen LogP contribution in [0.5, 0.6) is 0 Å². The fourth-order valence-electron chi connectivity index (χ4n) is 1.83. The van der Waals surface area contributed by atoms with Crippen LogP contribution in [0, 0.1) is 0 Å². The number of benzene rings is 1. The van der Waals surface area contributed by atoms with Crippen LogP contribution in [0.15, 0.2) is 48.7 Å². The van der Waals surface area contributed by atoms with Gasteiger partial charge >= 0.3 is 0 Å². The van der Waals surface area contributed by atoms with E-state index in [1.807, 2.05) is 24.3 Å². The van der Waals surface area contributed by atoms with Gasteiger partial charge in [0.15, 0.2) is 0 Å². The lowest BCUT2D eigenvalue weighted by molar-refractivity contribution is 0.102. The van der Waals surface area contributed by atoms with Crippen LogP contribution in [0.2, 0.25) is 5.02 Å². The highest BCUT2D eigenvalue weighted by atomic mass is 35.5. The van der Waals surface area contributed by atoms with E-state index in [1.165, 1.54) is 0 Å². The number of halogens is 1. The number of carbonyl (C=O) groups excluding carboxylic acids is 1. The molecule has 2 heterocycles. The second-order valence-electron chi connectivity index (χ2n) is 4.05. The van der Waals surface area contributed by atoms with E-state index in [4.69, 9.17) is 11.6 Å². The van der Waals surface area contributed by atoms with Crippen molar-refractivity contribution in [3.63, 3.8) is 0 Å². The molecule has 0 aliphatic rings. The van der Waals surface area contributed by atoms with Gasteiger partial charge in [-0.05, 0) is 30.3 Å². The summed E-state index contributed by atoms with van der Waals surface area (Å²) in [6, 6.07) is 12.5. The summed E-state index contributed by atoms with van der Waals surface area (Å²) >= 11 is 6.00. The Labute approximate surface area is 114 Å². The predicted octanol–water partition coefficient (Wildman–Crippen LogP) is 3.47. The van der Waals surface area contributed by atoms with E-state index < -0.39 is 0 Å². The minimum atomic E-state index is -0.244. The quantitative estimate of drug-likeness (QED) is 0.750. The van der Waals surface area contributed by atoms with Crippen LogP contribution < -0.4 is 5.32 Å². The molecular formula is C14H10ClN3O. The fourth-order valence-corrected chi connectivity index (χ4v) is 2.01. The number of aromatic amines is 1. The van der Waals surface area contributed by atoms with Crippen LogP contribution in [0.25, 0.3) is 11.0 Å². The van der Waals surface area contributed by atoms with Crippen LogP contribution >= 0.6 is 11.6 Å². The van der Waals surface area contributed by atoms with Gasteiger partial charge in [0.25, 0.3) is 5.91 Å². The van der Waals surface area contributed by atoms with Crippen molar-refractivity contribution in [3.8, 4) is 0 Å². The molecule has 0 aliphatic carbocycles. The predicted molar refractivity (Wildman–Crippen MR) is 75.5 cm³/mol. The van der Waals surface area contributed by atoms with E-state index in [0.29, 0.717) is 16.4 Å². The van der Waals surface area contributed by atoms with Crippen molar-refractivity contribution in [3.05, 3.63) is 59.4 Å². The van der Waals surface area contributed by atoms with Crippen LogP contribution in [-0.4, -0.2) is 15.9 Å². The number of nitrogens with one attached hydrogen (secondary N) is 2. The number of fused-ring (bicyclic) bond motifs is 1. The van der Waals surface area contributed by atoms with Gasteiger partial charge in [-0.3, -0.25) is 9.78 Å². The number of hydrogen-bond donors (Lipinski definition) is 2. The van der Waals surface area contributed by atoms with Crippen molar-refractivity contribution >= 4 is 34.2 Å². The summed E-state index contributed by atoms with van der Waals surface area (Å²) in [7, 11) is 0. The molecule has 0 saturated carbocycles. The van der Waals surface area contributed by atoms with Crippen molar-refractivity contribution < 1.29 is 4.79 Å². The monoisotopic (exact) mass is 271 g/mol. The van der Waals surface area contributed by atoms with Crippen molar-refractivity contribution in [2.45, 2.75) is 0 Å². The third-order valence-corrected chi connectivity index (χ3v) is 3.09. The van der Waals surface area contributed by atoms with Gasteiger partial charge in [0.05, 0.1) is 21.7 Å².